The molecule has 0 saturated carbocycles. The lowest BCUT2D eigenvalue weighted by Crippen LogP contribution is -2.47. The van der Waals surface area contributed by atoms with Gasteiger partial charge in [-0.25, -0.2) is 0 Å². The number of halogens is 1. The van der Waals surface area contributed by atoms with Crippen molar-refractivity contribution in [1.29, 1.82) is 0 Å². The van der Waals surface area contributed by atoms with Crippen LogP contribution in [0.25, 0.3) is 0 Å². The van der Waals surface area contributed by atoms with E-state index in [1.807, 2.05) is 25.2 Å². The summed E-state index contributed by atoms with van der Waals surface area (Å²) < 4.78 is 1.65. The van der Waals surface area contributed by atoms with Gasteiger partial charge in [0.1, 0.15) is 5.82 Å². The van der Waals surface area contributed by atoms with E-state index in [0.717, 1.165) is 49.3 Å². The first kappa shape index (κ1) is 16.8. The monoisotopic (exact) mass is 347 g/mol. The molecule has 0 unspecified atom stereocenters. The van der Waals surface area contributed by atoms with Gasteiger partial charge in [-0.1, -0.05) is 17.7 Å². The van der Waals surface area contributed by atoms with Crippen molar-refractivity contribution in [1.82, 2.24) is 14.7 Å². The van der Waals surface area contributed by atoms with E-state index in [2.05, 4.69) is 26.3 Å². The van der Waals surface area contributed by atoms with Crippen molar-refractivity contribution < 1.29 is 4.79 Å². The van der Waals surface area contributed by atoms with Gasteiger partial charge in [-0.15, -0.1) is 0 Å². The highest BCUT2D eigenvalue weighted by Crippen LogP contribution is 2.20. The van der Waals surface area contributed by atoms with Crippen LogP contribution in [0, 0.1) is 0 Å². The van der Waals surface area contributed by atoms with Crippen LogP contribution in [0.5, 0.6) is 0 Å². The summed E-state index contributed by atoms with van der Waals surface area (Å²) in [4.78, 5) is 16.7. The van der Waals surface area contributed by atoms with Gasteiger partial charge in [-0.3, -0.25) is 14.4 Å². The summed E-state index contributed by atoms with van der Waals surface area (Å²) in [6.07, 6.45) is 2.16. The molecule has 0 spiro atoms. The lowest BCUT2D eigenvalue weighted by atomic mass is 10.2. The summed E-state index contributed by atoms with van der Waals surface area (Å²) in [6, 6.07) is 9.75. The van der Waals surface area contributed by atoms with Crippen molar-refractivity contribution in [3.05, 3.63) is 41.6 Å². The first-order chi connectivity index (χ1) is 11.6. The fourth-order valence-electron chi connectivity index (χ4n) is 2.86. The van der Waals surface area contributed by atoms with Crippen LogP contribution in [-0.4, -0.2) is 53.3 Å². The van der Waals surface area contributed by atoms with Gasteiger partial charge >= 0.3 is 0 Å². The maximum Gasteiger partial charge on any atom is 0.226 e. The minimum atomic E-state index is 0.0240. The Kier molecular flexibility index (Phi) is 5.37. The van der Waals surface area contributed by atoms with Crippen molar-refractivity contribution in [3.63, 3.8) is 0 Å². The number of piperazine rings is 1. The number of hydrogen-bond acceptors (Lipinski definition) is 4. The highest BCUT2D eigenvalue weighted by atomic mass is 35.5. The fourth-order valence-corrected chi connectivity index (χ4v) is 3.05. The van der Waals surface area contributed by atoms with E-state index in [0.29, 0.717) is 6.42 Å². The van der Waals surface area contributed by atoms with Crippen molar-refractivity contribution in [2.75, 3.05) is 42.9 Å². The number of aromatic nitrogens is 2. The van der Waals surface area contributed by atoms with E-state index in [1.165, 1.54) is 0 Å². The Balaban J connectivity index is 1.42. The molecule has 0 aliphatic carbocycles. The van der Waals surface area contributed by atoms with Gasteiger partial charge in [0.2, 0.25) is 5.91 Å². The third-order valence-electron chi connectivity index (χ3n) is 4.29. The lowest BCUT2D eigenvalue weighted by molar-refractivity contribution is -0.116. The highest BCUT2D eigenvalue weighted by molar-refractivity contribution is 6.30. The second kappa shape index (κ2) is 7.68. The average Bonchev–Trinajstić information content (AvgIpc) is 2.98. The maximum absolute atomic E-state index is 12.0. The normalized spacial score (nSPS) is 15.5. The van der Waals surface area contributed by atoms with Crippen LogP contribution in [0.3, 0.4) is 0 Å². The first-order valence-electron chi connectivity index (χ1n) is 8.12. The quantitative estimate of drug-likeness (QED) is 0.901. The summed E-state index contributed by atoms with van der Waals surface area (Å²) in [5.41, 5.74) is 1.16. The molecule has 0 bridgehead atoms. The van der Waals surface area contributed by atoms with E-state index in [1.54, 1.807) is 16.9 Å². The van der Waals surface area contributed by atoms with Crippen LogP contribution >= 0.6 is 11.6 Å². The Morgan fingerprint density at radius 2 is 2.04 bits per heavy atom. The Labute approximate surface area is 147 Å². The Hall–Kier alpha value is -2.05. The molecule has 1 fully saturated rings. The predicted molar refractivity (Wildman–Crippen MR) is 96.6 cm³/mol. The van der Waals surface area contributed by atoms with Crippen molar-refractivity contribution in [3.8, 4) is 0 Å². The van der Waals surface area contributed by atoms with Crippen molar-refractivity contribution >= 4 is 29.0 Å². The van der Waals surface area contributed by atoms with Gasteiger partial charge in [0.15, 0.2) is 0 Å². The molecule has 24 heavy (non-hydrogen) atoms. The molecule has 128 valence electrons. The highest BCUT2D eigenvalue weighted by Gasteiger charge is 2.18. The molecule has 1 aliphatic rings. The van der Waals surface area contributed by atoms with E-state index in [4.69, 9.17) is 11.6 Å². The summed E-state index contributed by atoms with van der Waals surface area (Å²) >= 11 is 6.06. The average molecular weight is 348 g/mol. The molecule has 1 aromatic carbocycles. The second-order valence-electron chi connectivity index (χ2n) is 5.95. The van der Waals surface area contributed by atoms with Crippen LogP contribution in [0.1, 0.15) is 6.42 Å². The third-order valence-corrected chi connectivity index (χ3v) is 4.52. The van der Waals surface area contributed by atoms with Crippen molar-refractivity contribution in [2.45, 2.75) is 6.42 Å². The molecule has 1 aliphatic heterocycles. The predicted octanol–water partition coefficient (Wildman–Crippen LogP) is 2.22. The van der Waals surface area contributed by atoms with Gasteiger partial charge < -0.3 is 10.2 Å². The molecular weight excluding hydrogens is 326 g/mol. The number of carbonyl (C=O) groups excluding carboxylic acids is 1. The standard InChI is InChI=1S/C17H22ClN5O/c1-21-16(5-7-19-21)20-17(24)6-8-22-9-11-23(12-10-22)15-4-2-3-14(18)13-15/h2-5,7,13H,6,8-12H2,1H3,(H,20,24). The molecule has 1 amide bonds. The number of benzene rings is 1. The topological polar surface area (TPSA) is 53.4 Å². The fraction of sp³-hybridized carbons (Fsp3) is 0.412. The number of aryl methyl sites for hydroxylation is 1. The van der Waals surface area contributed by atoms with Crippen LogP contribution < -0.4 is 10.2 Å². The van der Waals surface area contributed by atoms with Gasteiger partial charge in [0.05, 0.1) is 6.20 Å². The molecular formula is C17H22ClN5O. The molecule has 3 rings (SSSR count). The largest absolute Gasteiger partial charge is 0.369 e. The number of anilines is 2. The molecule has 2 aromatic rings. The van der Waals surface area contributed by atoms with Gasteiger partial charge in [-0.2, -0.15) is 5.10 Å². The molecule has 7 heteroatoms. The van der Waals surface area contributed by atoms with Gasteiger partial charge in [-0.05, 0) is 18.2 Å². The smallest absolute Gasteiger partial charge is 0.226 e. The molecule has 6 nitrogen and oxygen atoms in total. The molecule has 0 atom stereocenters. The zero-order valence-electron chi connectivity index (χ0n) is 13.8. The number of amides is 1. The Morgan fingerprint density at radius 1 is 1.25 bits per heavy atom. The van der Waals surface area contributed by atoms with Crippen LogP contribution in [-0.2, 0) is 11.8 Å². The van der Waals surface area contributed by atoms with E-state index in [9.17, 15) is 4.79 Å². The number of nitrogens with one attached hydrogen (secondary N) is 1. The first-order valence-corrected chi connectivity index (χ1v) is 8.50. The molecule has 1 N–H and O–H groups in total. The zero-order chi connectivity index (χ0) is 16.9. The molecule has 0 radical (unpaired) electrons. The Bertz CT molecular complexity index is 694. The van der Waals surface area contributed by atoms with E-state index in [-0.39, 0.29) is 5.91 Å². The second-order valence-corrected chi connectivity index (χ2v) is 6.38. The number of carbonyl (C=O) groups is 1. The summed E-state index contributed by atoms with van der Waals surface area (Å²) in [5.74, 6) is 0.752. The van der Waals surface area contributed by atoms with Crippen LogP contribution in [0.15, 0.2) is 36.5 Å². The summed E-state index contributed by atoms with van der Waals surface area (Å²) in [5, 5.41) is 7.69. The zero-order valence-corrected chi connectivity index (χ0v) is 14.5. The molecule has 2 heterocycles. The molecule has 1 aromatic heterocycles. The summed E-state index contributed by atoms with van der Waals surface area (Å²) in [7, 11) is 1.81. The Morgan fingerprint density at radius 3 is 2.71 bits per heavy atom. The van der Waals surface area contributed by atoms with Gasteiger partial charge in [0.25, 0.3) is 0 Å². The van der Waals surface area contributed by atoms with Crippen LogP contribution in [0.4, 0.5) is 11.5 Å². The maximum atomic E-state index is 12.0. The van der Waals surface area contributed by atoms with E-state index >= 15 is 0 Å². The number of rotatable bonds is 5. The third kappa shape index (κ3) is 4.27. The minimum Gasteiger partial charge on any atom is -0.369 e. The van der Waals surface area contributed by atoms with Crippen molar-refractivity contribution in [2.24, 2.45) is 7.05 Å². The minimum absolute atomic E-state index is 0.0240. The number of hydrogen-bond donors (Lipinski definition) is 1. The lowest BCUT2D eigenvalue weighted by Gasteiger charge is -2.36. The number of nitrogens with zero attached hydrogens (tertiary/aromatic N) is 4. The molecule has 1 saturated heterocycles. The summed E-state index contributed by atoms with van der Waals surface area (Å²) in [6.45, 7) is 4.57. The van der Waals surface area contributed by atoms with E-state index < -0.39 is 0 Å². The van der Waals surface area contributed by atoms with Crippen LogP contribution in [0.2, 0.25) is 5.02 Å². The van der Waals surface area contributed by atoms with Gasteiger partial charge in [0, 0.05) is 63.0 Å². The SMILES string of the molecule is Cn1nccc1NC(=O)CCN1CCN(c2cccc(Cl)c2)CC1.